The lowest BCUT2D eigenvalue weighted by molar-refractivity contribution is 0.0954. The quantitative estimate of drug-likeness (QED) is 0.232. The lowest BCUT2D eigenvalue weighted by Gasteiger charge is -2.03. The topological polar surface area (TPSA) is 121 Å². The number of nitrogens with zero attached hydrogens (tertiary/aromatic N) is 1. The number of pyridine rings is 1. The number of oxime groups is 1. The number of rotatable bonds is 4. The van der Waals surface area contributed by atoms with E-state index >= 15 is 0 Å². The van der Waals surface area contributed by atoms with Crippen LogP contribution in [0.15, 0.2) is 28.3 Å². The van der Waals surface area contributed by atoms with Gasteiger partial charge in [0.1, 0.15) is 5.84 Å². The molecule has 0 aliphatic carbocycles. The van der Waals surface area contributed by atoms with Gasteiger partial charge in [-0.25, -0.2) is 0 Å². The molecule has 1 amide bonds. The minimum atomic E-state index is -0.378. The minimum Gasteiger partial charge on any atom is -0.409 e. The number of hydrogen-bond donors (Lipinski definition) is 4. The van der Waals surface area contributed by atoms with Gasteiger partial charge in [0, 0.05) is 30.8 Å². The van der Waals surface area contributed by atoms with Crippen LogP contribution in [0.3, 0.4) is 0 Å². The van der Waals surface area contributed by atoms with E-state index in [0.29, 0.717) is 0 Å². The van der Waals surface area contributed by atoms with Gasteiger partial charge in [-0.1, -0.05) is 5.16 Å². The summed E-state index contributed by atoms with van der Waals surface area (Å²) in [6, 6.07) is 2.68. The van der Waals surface area contributed by atoms with Crippen molar-refractivity contribution in [3.05, 3.63) is 34.2 Å². The number of amides is 1. The van der Waals surface area contributed by atoms with Gasteiger partial charge < -0.3 is 21.2 Å². The maximum absolute atomic E-state index is 11.5. The molecule has 86 valence electrons. The summed E-state index contributed by atoms with van der Waals surface area (Å²) >= 11 is 0. The fraction of sp³-hybridized carbons (Fsp3) is 0.222. The maximum atomic E-state index is 11.5. The molecule has 1 aromatic rings. The largest absolute Gasteiger partial charge is 0.409 e. The van der Waals surface area contributed by atoms with Crippen molar-refractivity contribution in [1.82, 2.24) is 10.3 Å². The Morgan fingerprint density at radius 3 is 3.00 bits per heavy atom. The number of hydrogen-bond acceptors (Lipinski definition) is 4. The highest BCUT2D eigenvalue weighted by Gasteiger charge is 2.05. The van der Waals surface area contributed by atoms with E-state index in [4.69, 9.17) is 10.9 Å². The number of H-pyrrole nitrogens is 1. The highest BCUT2D eigenvalue weighted by atomic mass is 16.4. The number of aromatic nitrogens is 1. The summed E-state index contributed by atoms with van der Waals surface area (Å²) in [5.41, 5.74) is 5.14. The lowest BCUT2D eigenvalue weighted by Crippen LogP contribution is -2.28. The molecule has 0 atom stereocenters. The molecule has 0 radical (unpaired) electrons. The molecule has 0 bridgehead atoms. The number of aromatic amines is 1. The molecule has 5 N–H and O–H groups in total. The molecule has 0 aliphatic rings. The van der Waals surface area contributed by atoms with Crippen molar-refractivity contribution in [1.29, 1.82) is 0 Å². The number of nitrogens with two attached hydrogens (primary N) is 1. The first-order valence-electron chi connectivity index (χ1n) is 4.57. The van der Waals surface area contributed by atoms with Crippen molar-refractivity contribution in [3.8, 4) is 0 Å². The van der Waals surface area contributed by atoms with Crippen LogP contribution in [0, 0.1) is 0 Å². The predicted molar refractivity (Wildman–Crippen MR) is 57.4 cm³/mol. The van der Waals surface area contributed by atoms with Crippen LogP contribution >= 0.6 is 0 Å². The molecule has 1 aromatic heterocycles. The van der Waals surface area contributed by atoms with Crippen LogP contribution in [0.25, 0.3) is 0 Å². The van der Waals surface area contributed by atoms with Crippen molar-refractivity contribution in [3.63, 3.8) is 0 Å². The molecule has 0 unspecified atom stereocenters. The van der Waals surface area contributed by atoms with Gasteiger partial charge in [-0.2, -0.15) is 0 Å². The molecule has 0 aliphatic heterocycles. The lowest BCUT2D eigenvalue weighted by atomic mass is 10.2. The zero-order valence-corrected chi connectivity index (χ0v) is 8.43. The first-order valence-corrected chi connectivity index (χ1v) is 4.57. The summed E-state index contributed by atoms with van der Waals surface area (Å²) in [7, 11) is 0. The number of nitrogens with one attached hydrogen (secondary N) is 2. The summed E-state index contributed by atoms with van der Waals surface area (Å²) < 4.78 is 0. The summed E-state index contributed by atoms with van der Waals surface area (Å²) in [5, 5.41) is 13.5. The second kappa shape index (κ2) is 5.54. The monoisotopic (exact) mass is 224 g/mol. The Bertz CT molecular complexity index is 452. The molecular formula is C9H12N4O3. The smallest absolute Gasteiger partial charge is 0.251 e. The van der Waals surface area contributed by atoms with Gasteiger partial charge >= 0.3 is 0 Å². The van der Waals surface area contributed by atoms with E-state index in [9.17, 15) is 9.59 Å². The van der Waals surface area contributed by atoms with E-state index in [1.54, 1.807) is 0 Å². The van der Waals surface area contributed by atoms with Crippen molar-refractivity contribution in [2.24, 2.45) is 10.9 Å². The second-order valence-electron chi connectivity index (χ2n) is 3.04. The number of amidine groups is 1. The zero-order chi connectivity index (χ0) is 12.0. The molecule has 1 rings (SSSR count). The van der Waals surface area contributed by atoms with Crippen LogP contribution in [0.5, 0.6) is 0 Å². The maximum Gasteiger partial charge on any atom is 0.251 e. The summed E-state index contributed by atoms with van der Waals surface area (Å²) in [5.74, 6) is -0.344. The molecule has 7 nitrogen and oxygen atoms in total. The molecule has 7 heteroatoms. The third-order valence-electron chi connectivity index (χ3n) is 1.83. The molecule has 0 spiro atoms. The van der Waals surface area contributed by atoms with Crippen molar-refractivity contribution >= 4 is 11.7 Å². The van der Waals surface area contributed by atoms with E-state index in [-0.39, 0.29) is 35.8 Å². The Kier molecular flexibility index (Phi) is 4.07. The molecule has 0 saturated heterocycles. The van der Waals surface area contributed by atoms with E-state index in [0.717, 1.165) is 0 Å². The average Bonchev–Trinajstić information content (AvgIpc) is 2.28. The van der Waals surface area contributed by atoms with E-state index in [1.165, 1.54) is 18.3 Å². The Labute approximate surface area is 91.0 Å². The minimum absolute atomic E-state index is 0.0335. The zero-order valence-electron chi connectivity index (χ0n) is 8.43. The number of carbonyl (C=O) groups excluding carboxylic acids is 1. The third-order valence-corrected chi connectivity index (χ3v) is 1.83. The van der Waals surface area contributed by atoms with Gasteiger partial charge in [0.25, 0.3) is 5.91 Å². The predicted octanol–water partition coefficient (Wildman–Crippen LogP) is -0.759. The van der Waals surface area contributed by atoms with Gasteiger partial charge in [0.15, 0.2) is 0 Å². The standard InChI is InChI=1S/C9H12N4O3/c10-7(13-16)2-4-12-9(15)6-1-3-11-8(14)5-6/h1,3,5,16H,2,4H2,(H2,10,13)(H,11,14)(H,12,15). The van der Waals surface area contributed by atoms with Gasteiger partial charge in [0.05, 0.1) is 0 Å². The molecule has 0 fully saturated rings. The Balaban J connectivity index is 2.50. The Morgan fingerprint density at radius 1 is 1.62 bits per heavy atom. The van der Waals surface area contributed by atoms with Crippen molar-refractivity contribution in [2.75, 3.05) is 6.54 Å². The Morgan fingerprint density at radius 2 is 2.38 bits per heavy atom. The summed E-state index contributed by atoms with van der Waals surface area (Å²) in [6.07, 6.45) is 1.63. The first kappa shape index (κ1) is 11.8. The SMILES string of the molecule is N/C(CCNC(=O)c1cc[nH]c(=O)c1)=N/O. The van der Waals surface area contributed by atoms with Crippen LogP contribution in [0.2, 0.25) is 0 Å². The van der Waals surface area contributed by atoms with Crippen molar-refractivity contribution in [2.45, 2.75) is 6.42 Å². The van der Waals surface area contributed by atoms with Crippen LogP contribution in [-0.4, -0.2) is 28.5 Å². The van der Waals surface area contributed by atoms with Gasteiger partial charge in [-0.05, 0) is 6.07 Å². The van der Waals surface area contributed by atoms with Gasteiger partial charge in [-0.15, -0.1) is 0 Å². The molecule has 1 heterocycles. The van der Waals surface area contributed by atoms with Crippen LogP contribution in [-0.2, 0) is 0 Å². The fourth-order valence-electron chi connectivity index (χ4n) is 1.04. The fourth-order valence-corrected chi connectivity index (χ4v) is 1.04. The molecule has 0 aromatic carbocycles. The van der Waals surface area contributed by atoms with E-state index in [1.807, 2.05) is 0 Å². The highest BCUT2D eigenvalue weighted by molar-refractivity contribution is 5.94. The van der Waals surface area contributed by atoms with Crippen LogP contribution < -0.4 is 16.6 Å². The number of carbonyl (C=O) groups is 1. The molecular weight excluding hydrogens is 212 g/mol. The first-order chi connectivity index (χ1) is 7.63. The van der Waals surface area contributed by atoms with Crippen molar-refractivity contribution < 1.29 is 10.0 Å². The molecule has 16 heavy (non-hydrogen) atoms. The van der Waals surface area contributed by atoms with E-state index < -0.39 is 0 Å². The summed E-state index contributed by atoms with van der Waals surface area (Å²) in [4.78, 5) is 24.8. The Hall–Kier alpha value is -2.31. The van der Waals surface area contributed by atoms with E-state index in [2.05, 4.69) is 15.5 Å². The highest BCUT2D eigenvalue weighted by Crippen LogP contribution is 1.92. The average molecular weight is 224 g/mol. The van der Waals surface area contributed by atoms with Gasteiger partial charge in [0.2, 0.25) is 5.56 Å². The summed E-state index contributed by atoms with van der Waals surface area (Å²) in [6.45, 7) is 0.238. The molecule has 0 saturated carbocycles. The normalized spacial score (nSPS) is 11.1. The third kappa shape index (κ3) is 3.45. The van der Waals surface area contributed by atoms with Gasteiger partial charge in [-0.3, -0.25) is 9.59 Å². The van der Waals surface area contributed by atoms with Crippen LogP contribution in [0.1, 0.15) is 16.8 Å². The second-order valence-corrected chi connectivity index (χ2v) is 3.04. The van der Waals surface area contributed by atoms with Crippen LogP contribution in [0.4, 0.5) is 0 Å².